The van der Waals surface area contributed by atoms with Gasteiger partial charge in [0.05, 0.1) is 12.1 Å². The molecule has 0 aliphatic carbocycles. The van der Waals surface area contributed by atoms with E-state index in [-0.39, 0.29) is 42.8 Å². The van der Waals surface area contributed by atoms with E-state index < -0.39 is 23.7 Å². The summed E-state index contributed by atoms with van der Waals surface area (Å²) in [6.07, 6.45) is -3.37. The molecule has 0 aliphatic rings. The van der Waals surface area contributed by atoms with E-state index in [9.17, 15) is 22.8 Å². The number of rotatable bonds is 10. The van der Waals surface area contributed by atoms with E-state index in [1.165, 1.54) is 18.2 Å². The molecule has 3 aromatic rings. The number of nitrogens with zero attached hydrogens (tertiary/aromatic N) is 1. The van der Waals surface area contributed by atoms with Crippen molar-refractivity contribution in [2.45, 2.75) is 45.8 Å². The number of halogens is 5. The van der Waals surface area contributed by atoms with Crippen LogP contribution in [-0.2, 0) is 20.9 Å². The zero-order chi connectivity index (χ0) is 32.5. The van der Waals surface area contributed by atoms with E-state index in [2.05, 4.69) is 15.0 Å². The maximum absolute atomic E-state index is 12.5. The van der Waals surface area contributed by atoms with Gasteiger partial charge in [-0.2, -0.15) is 0 Å². The number of benzene rings is 3. The van der Waals surface area contributed by atoms with Gasteiger partial charge in [-0.1, -0.05) is 35.3 Å². The number of hydrogen-bond donors (Lipinski definition) is 2. The maximum atomic E-state index is 12.5. The topological polar surface area (TPSA) is 112 Å². The van der Waals surface area contributed by atoms with Gasteiger partial charge in [-0.05, 0) is 80.9 Å². The van der Waals surface area contributed by atoms with Crippen LogP contribution in [0.15, 0.2) is 77.8 Å². The van der Waals surface area contributed by atoms with Crippen molar-refractivity contribution in [2.24, 2.45) is 10.7 Å². The van der Waals surface area contributed by atoms with Crippen LogP contribution in [0.4, 0.5) is 18.9 Å². The summed E-state index contributed by atoms with van der Waals surface area (Å²) in [5.74, 6) is -1.15. The zero-order valence-electron chi connectivity index (χ0n) is 24.0. The van der Waals surface area contributed by atoms with Crippen LogP contribution in [0.3, 0.4) is 0 Å². The third-order valence-electron chi connectivity index (χ3n) is 5.42. The Morgan fingerprint density at radius 1 is 0.932 bits per heavy atom. The number of carbonyl (C=O) groups is 2. The first kappa shape index (κ1) is 34.3. The van der Waals surface area contributed by atoms with E-state index in [1.807, 2.05) is 0 Å². The van der Waals surface area contributed by atoms with Crippen molar-refractivity contribution >= 4 is 52.4 Å². The predicted octanol–water partition coefficient (Wildman–Crippen LogP) is 7.60. The quantitative estimate of drug-likeness (QED) is 0.133. The molecule has 0 radical (unpaired) electrons. The van der Waals surface area contributed by atoms with Crippen LogP contribution >= 0.6 is 23.2 Å². The van der Waals surface area contributed by atoms with Gasteiger partial charge in [0, 0.05) is 39.5 Å². The zero-order valence-corrected chi connectivity index (χ0v) is 25.5. The molecular formula is C31H30Cl2F3N3O5. The van der Waals surface area contributed by atoms with Crippen molar-refractivity contribution < 1.29 is 37.0 Å². The summed E-state index contributed by atoms with van der Waals surface area (Å²) >= 11 is 12.2. The highest BCUT2D eigenvalue weighted by atomic mass is 35.5. The molecule has 0 aromatic heterocycles. The monoisotopic (exact) mass is 651 g/mol. The molecule has 234 valence electrons. The second-order valence-electron chi connectivity index (χ2n) is 10.3. The Kier molecular flexibility index (Phi) is 11.7. The highest BCUT2D eigenvalue weighted by molar-refractivity contribution is 6.34. The van der Waals surface area contributed by atoms with Gasteiger partial charge >= 0.3 is 12.3 Å². The molecule has 3 rings (SSSR count). The first-order chi connectivity index (χ1) is 20.6. The number of carbonyl (C=O) groups excluding carboxylic acids is 2. The lowest BCUT2D eigenvalue weighted by molar-refractivity contribution is -0.274. The van der Waals surface area contributed by atoms with Gasteiger partial charge in [0.2, 0.25) is 5.90 Å². The first-order valence-corrected chi connectivity index (χ1v) is 13.9. The summed E-state index contributed by atoms with van der Waals surface area (Å²) in [6, 6.07) is 16.1. The maximum Gasteiger partial charge on any atom is 0.573 e. The van der Waals surface area contributed by atoms with E-state index in [0.717, 1.165) is 12.1 Å². The van der Waals surface area contributed by atoms with Crippen molar-refractivity contribution in [2.75, 3.05) is 6.54 Å². The highest BCUT2D eigenvalue weighted by Crippen LogP contribution is 2.26. The van der Waals surface area contributed by atoms with E-state index in [0.29, 0.717) is 26.7 Å². The summed E-state index contributed by atoms with van der Waals surface area (Å²) in [5, 5.41) is 3.39. The SMILES string of the molecule is CC(C)(C)OC(=O)CCNC(=O)c1ccc(COC(C=C(N)c2cc(Cl)cc(Cl)c2)=Nc2ccc(OC(F)(F)F)cc2)cc1. The summed E-state index contributed by atoms with van der Waals surface area (Å²) in [6.45, 7) is 5.41. The van der Waals surface area contributed by atoms with Crippen LogP contribution in [0.5, 0.6) is 5.75 Å². The molecule has 0 aliphatic heterocycles. The molecule has 3 N–H and O–H groups in total. The van der Waals surface area contributed by atoms with Crippen molar-refractivity contribution in [3.05, 3.63) is 99.5 Å². The molecule has 1 amide bonds. The fourth-order valence-corrected chi connectivity index (χ4v) is 4.10. The fourth-order valence-electron chi connectivity index (χ4n) is 3.57. The molecular weight excluding hydrogens is 622 g/mol. The van der Waals surface area contributed by atoms with Crippen molar-refractivity contribution in [3.8, 4) is 5.75 Å². The molecule has 44 heavy (non-hydrogen) atoms. The minimum atomic E-state index is -4.83. The Hall–Kier alpha value is -4.22. The van der Waals surface area contributed by atoms with Crippen LogP contribution in [0, 0.1) is 0 Å². The molecule has 0 fully saturated rings. The minimum absolute atomic E-state index is 0.00866. The molecule has 13 heteroatoms. The minimum Gasteiger partial charge on any atom is -0.473 e. The average molecular weight is 652 g/mol. The van der Waals surface area contributed by atoms with Crippen LogP contribution in [0.25, 0.3) is 5.70 Å². The Bertz CT molecular complexity index is 1500. The van der Waals surface area contributed by atoms with Gasteiger partial charge < -0.3 is 25.3 Å². The molecule has 0 atom stereocenters. The first-order valence-electron chi connectivity index (χ1n) is 13.2. The Morgan fingerprint density at radius 2 is 1.55 bits per heavy atom. The average Bonchev–Trinajstić information content (AvgIpc) is 2.90. The molecule has 0 bridgehead atoms. The van der Waals surface area contributed by atoms with Gasteiger partial charge in [-0.25, -0.2) is 4.99 Å². The van der Waals surface area contributed by atoms with Gasteiger partial charge in [0.1, 0.15) is 18.0 Å². The number of hydrogen-bond acceptors (Lipinski definition) is 7. The third-order valence-corrected chi connectivity index (χ3v) is 5.86. The van der Waals surface area contributed by atoms with Gasteiger partial charge in [0.15, 0.2) is 0 Å². The van der Waals surface area contributed by atoms with E-state index >= 15 is 0 Å². The molecule has 3 aromatic carbocycles. The number of amides is 1. The largest absolute Gasteiger partial charge is 0.573 e. The Labute approximate surface area is 262 Å². The smallest absolute Gasteiger partial charge is 0.473 e. The lowest BCUT2D eigenvalue weighted by atomic mass is 10.1. The number of alkyl halides is 3. The van der Waals surface area contributed by atoms with Crippen LogP contribution in [0.1, 0.15) is 48.7 Å². The van der Waals surface area contributed by atoms with Gasteiger partial charge in [-0.3, -0.25) is 9.59 Å². The third kappa shape index (κ3) is 12.2. The number of nitrogens with two attached hydrogens (primary N) is 1. The van der Waals surface area contributed by atoms with Crippen molar-refractivity contribution in [3.63, 3.8) is 0 Å². The van der Waals surface area contributed by atoms with Crippen molar-refractivity contribution in [1.82, 2.24) is 5.32 Å². The lowest BCUT2D eigenvalue weighted by Gasteiger charge is -2.19. The van der Waals surface area contributed by atoms with Gasteiger partial charge in [0.25, 0.3) is 5.91 Å². The molecule has 0 saturated heterocycles. The predicted molar refractivity (Wildman–Crippen MR) is 163 cm³/mol. The number of ether oxygens (including phenoxy) is 3. The summed E-state index contributed by atoms with van der Waals surface area (Å²) in [7, 11) is 0. The van der Waals surface area contributed by atoms with E-state index in [1.54, 1.807) is 63.2 Å². The van der Waals surface area contributed by atoms with E-state index in [4.69, 9.17) is 38.4 Å². The molecule has 0 spiro atoms. The molecule has 0 heterocycles. The molecule has 0 unspecified atom stereocenters. The summed E-state index contributed by atoms with van der Waals surface area (Å²) < 4.78 is 52.6. The Morgan fingerprint density at radius 3 is 2.11 bits per heavy atom. The highest BCUT2D eigenvalue weighted by Gasteiger charge is 2.31. The normalized spacial score (nSPS) is 12.5. The Balaban J connectivity index is 1.72. The second-order valence-corrected chi connectivity index (χ2v) is 11.2. The van der Waals surface area contributed by atoms with Gasteiger partial charge in [-0.15, -0.1) is 13.2 Å². The fraction of sp³-hybridized carbons (Fsp3) is 0.258. The summed E-state index contributed by atoms with van der Waals surface area (Å²) in [4.78, 5) is 28.7. The van der Waals surface area contributed by atoms with Crippen LogP contribution < -0.4 is 15.8 Å². The number of aliphatic imine (C=N–C) groups is 1. The number of nitrogens with one attached hydrogen (secondary N) is 1. The van der Waals surface area contributed by atoms with Crippen LogP contribution in [0.2, 0.25) is 10.0 Å². The lowest BCUT2D eigenvalue weighted by Crippen LogP contribution is -2.29. The number of esters is 1. The second kappa shape index (κ2) is 15.0. The van der Waals surface area contributed by atoms with Crippen molar-refractivity contribution in [1.29, 1.82) is 0 Å². The molecule has 0 saturated carbocycles. The molecule has 8 nitrogen and oxygen atoms in total. The summed E-state index contributed by atoms with van der Waals surface area (Å²) in [5.41, 5.74) is 7.67. The standard InChI is InChI=1S/C31H30Cl2F3N3O5/c1-30(2,3)44-28(40)12-13-38-29(41)20-6-4-19(5-7-20)18-42-27(17-26(37)21-14-22(32)16-23(33)15-21)39-24-8-10-25(11-9-24)43-31(34,35)36/h4-11,14-17H,12-13,18,37H2,1-3H3,(H,38,41). The van der Waals surface area contributed by atoms with Crippen LogP contribution in [-0.4, -0.2) is 36.3 Å².